The molecule has 2 aromatic rings. The van der Waals surface area contributed by atoms with E-state index >= 15 is 0 Å². The summed E-state index contributed by atoms with van der Waals surface area (Å²) in [7, 11) is 1.59. The Kier molecular flexibility index (Phi) is 5.26. The number of halogens is 2. The van der Waals surface area contributed by atoms with E-state index < -0.39 is 0 Å². The average molecular weight is 322 g/mol. The quantitative estimate of drug-likeness (QED) is 0.832. The molecule has 1 amide bonds. The van der Waals surface area contributed by atoms with Gasteiger partial charge in [0.2, 0.25) is 5.91 Å². The molecule has 2 rings (SSSR count). The van der Waals surface area contributed by atoms with E-state index in [2.05, 4.69) is 5.32 Å². The second-order valence-electron chi connectivity index (χ2n) is 4.20. The van der Waals surface area contributed by atoms with Gasteiger partial charge >= 0.3 is 0 Å². The van der Waals surface area contributed by atoms with Crippen LogP contribution in [0.25, 0.3) is 6.08 Å². The smallest absolute Gasteiger partial charge is 0.248 e. The fraction of sp³-hybridized carbons (Fsp3) is 0.0625. The molecule has 3 nitrogen and oxygen atoms in total. The van der Waals surface area contributed by atoms with Crippen molar-refractivity contribution >= 4 is 40.9 Å². The fourth-order valence-electron chi connectivity index (χ4n) is 1.70. The van der Waals surface area contributed by atoms with Gasteiger partial charge in [-0.1, -0.05) is 41.4 Å². The molecule has 0 saturated carbocycles. The topological polar surface area (TPSA) is 38.3 Å². The van der Waals surface area contributed by atoms with Gasteiger partial charge in [-0.3, -0.25) is 4.79 Å². The highest BCUT2D eigenvalue weighted by molar-refractivity contribution is 6.39. The molecule has 0 atom stereocenters. The maximum Gasteiger partial charge on any atom is 0.248 e. The minimum Gasteiger partial charge on any atom is -0.497 e. The summed E-state index contributed by atoms with van der Waals surface area (Å²) in [6.45, 7) is 0. The summed E-state index contributed by atoms with van der Waals surface area (Å²) >= 11 is 12.0. The van der Waals surface area contributed by atoms with Gasteiger partial charge in [0.05, 0.1) is 22.8 Å². The molecule has 1 N–H and O–H groups in total. The lowest BCUT2D eigenvalue weighted by molar-refractivity contribution is -0.111. The van der Waals surface area contributed by atoms with Crippen LogP contribution in [-0.4, -0.2) is 13.0 Å². The molecule has 2 aromatic carbocycles. The molecule has 0 radical (unpaired) electrons. The van der Waals surface area contributed by atoms with Gasteiger partial charge in [0, 0.05) is 6.08 Å². The summed E-state index contributed by atoms with van der Waals surface area (Å²) in [4.78, 5) is 11.9. The predicted octanol–water partition coefficient (Wildman–Crippen LogP) is 4.65. The van der Waals surface area contributed by atoms with Crippen molar-refractivity contribution in [2.24, 2.45) is 0 Å². The SMILES string of the molecule is COc1cccc(/C=C/C(=O)Nc2c(Cl)cccc2Cl)c1. The zero-order chi connectivity index (χ0) is 15.2. The third-order valence-electron chi connectivity index (χ3n) is 2.73. The summed E-state index contributed by atoms with van der Waals surface area (Å²) in [6.07, 6.45) is 3.09. The first kappa shape index (κ1) is 15.4. The van der Waals surface area contributed by atoms with E-state index in [-0.39, 0.29) is 5.91 Å². The van der Waals surface area contributed by atoms with Crippen LogP contribution in [0, 0.1) is 0 Å². The first-order valence-electron chi connectivity index (χ1n) is 6.17. The molecule has 0 saturated heterocycles. The first-order valence-corrected chi connectivity index (χ1v) is 6.93. The van der Waals surface area contributed by atoms with Crippen LogP contribution >= 0.6 is 23.2 Å². The van der Waals surface area contributed by atoms with Gasteiger partial charge in [-0.05, 0) is 35.9 Å². The monoisotopic (exact) mass is 321 g/mol. The molecule has 0 aliphatic rings. The highest BCUT2D eigenvalue weighted by atomic mass is 35.5. The molecular formula is C16H13Cl2NO2. The Morgan fingerprint density at radius 3 is 2.48 bits per heavy atom. The van der Waals surface area contributed by atoms with E-state index in [9.17, 15) is 4.79 Å². The molecule has 0 heterocycles. The molecule has 21 heavy (non-hydrogen) atoms. The summed E-state index contributed by atoms with van der Waals surface area (Å²) in [6, 6.07) is 12.4. The van der Waals surface area contributed by atoms with Crippen molar-refractivity contribution in [1.29, 1.82) is 0 Å². The van der Waals surface area contributed by atoms with E-state index in [0.717, 1.165) is 11.3 Å². The lowest BCUT2D eigenvalue weighted by Gasteiger charge is -2.06. The van der Waals surface area contributed by atoms with Crippen LogP contribution < -0.4 is 10.1 Å². The Balaban J connectivity index is 2.09. The summed E-state index contributed by atoms with van der Waals surface area (Å²) in [5, 5.41) is 3.44. The van der Waals surface area contributed by atoms with E-state index in [0.29, 0.717) is 15.7 Å². The van der Waals surface area contributed by atoms with Crippen molar-refractivity contribution < 1.29 is 9.53 Å². The maximum atomic E-state index is 11.9. The van der Waals surface area contributed by atoms with Crippen LogP contribution in [0.5, 0.6) is 5.75 Å². The molecule has 108 valence electrons. The fourth-order valence-corrected chi connectivity index (χ4v) is 2.19. The third-order valence-corrected chi connectivity index (χ3v) is 3.36. The number of para-hydroxylation sites is 1. The number of rotatable bonds is 4. The normalized spacial score (nSPS) is 10.6. The van der Waals surface area contributed by atoms with E-state index in [1.54, 1.807) is 31.4 Å². The van der Waals surface area contributed by atoms with Crippen molar-refractivity contribution in [1.82, 2.24) is 0 Å². The lowest BCUT2D eigenvalue weighted by atomic mass is 10.2. The summed E-state index contributed by atoms with van der Waals surface area (Å²) in [5.41, 5.74) is 1.26. The van der Waals surface area contributed by atoms with Gasteiger partial charge < -0.3 is 10.1 Å². The number of hydrogen-bond acceptors (Lipinski definition) is 2. The number of ether oxygens (including phenoxy) is 1. The van der Waals surface area contributed by atoms with Crippen molar-refractivity contribution in [3.8, 4) is 5.75 Å². The second kappa shape index (κ2) is 7.16. The van der Waals surface area contributed by atoms with Crippen molar-refractivity contribution in [3.05, 3.63) is 64.1 Å². The van der Waals surface area contributed by atoms with Crippen LogP contribution in [0.15, 0.2) is 48.5 Å². The van der Waals surface area contributed by atoms with Crippen molar-refractivity contribution in [2.75, 3.05) is 12.4 Å². The second-order valence-corrected chi connectivity index (χ2v) is 5.01. The maximum absolute atomic E-state index is 11.9. The minimum absolute atomic E-state index is 0.312. The largest absolute Gasteiger partial charge is 0.497 e. The van der Waals surface area contributed by atoms with Crippen molar-refractivity contribution in [2.45, 2.75) is 0 Å². The van der Waals surface area contributed by atoms with E-state index in [1.165, 1.54) is 6.08 Å². The Morgan fingerprint density at radius 2 is 1.81 bits per heavy atom. The molecule has 5 heteroatoms. The summed E-state index contributed by atoms with van der Waals surface area (Å²) < 4.78 is 5.12. The molecule has 0 spiro atoms. The van der Waals surface area contributed by atoms with Gasteiger partial charge in [-0.2, -0.15) is 0 Å². The zero-order valence-electron chi connectivity index (χ0n) is 11.3. The Morgan fingerprint density at radius 1 is 1.14 bits per heavy atom. The molecular weight excluding hydrogens is 309 g/mol. The Labute approximate surface area is 133 Å². The Bertz CT molecular complexity index is 663. The van der Waals surface area contributed by atoms with Crippen LogP contribution in [0.1, 0.15) is 5.56 Å². The minimum atomic E-state index is -0.312. The van der Waals surface area contributed by atoms with Gasteiger partial charge in [-0.25, -0.2) is 0 Å². The molecule has 0 aromatic heterocycles. The Hall–Kier alpha value is -1.97. The van der Waals surface area contributed by atoms with Crippen LogP contribution in [-0.2, 0) is 4.79 Å². The highest BCUT2D eigenvalue weighted by Crippen LogP contribution is 2.29. The van der Waals surface area contributed by atoms with E-state index in [1.807, 2.05) is 24.3 Å². The number of carbonyl (C=O) groups excluding carboxylic acids is 1. The number of amides is 1. The van der Waals surface area contributed by atoms with Gasteiger partial charge in [-0.15, -0.1) is 0 Å². The molecule has 0 bridgehead atoms. The summed E-state index contributed by atoms with van der Waals surface area (Å²) in [5.74, 6) is 0.416. The molecule has 0 fully saturated rings. The number of hydrogen-bond donors (Lipinski definition) is 1. The van der Waals surface area contributed by atoms with Gasteiger partial charge in [0.1, 0.15) is 5.75 Å². The number of methoxy groups -OCH3 is 1. The number of anilines is 1. The molecule has 0 unspecified atom stereocenters. The third kappa shape index (κ3) is 4.25. The zero-order valence-corrected chi connectivity index (χ0v) is 12.8. The molecule has 0 aliphatic carbocycles. The number of carbonyl (C=O) groups is 1. The molecule has 0 aliphatic heterocycles. The first-order chi connectivity index (χ1) is 10.1. The highest BCUT2D eigenvalue weighted by Gasteiger charge is 2.07. The van der Waals surface area contributed by atoms with Gasteiger partial charge in [0.25, 0.3) is 0 Å². The standard InChI is InChI=1S/C16H13Cl2NO2/c1-21-12-5-2-4-11(10-12)8-9-15(20)19-16-13(17)6-3-7-14(16)18/h2-10H,1H3,(H,19,20)/b9-8+. The van der Waals surface area contributed by atoms with Crippen LogP contribution in [0.2, 0.25) is 10.0 Å². The van der Waals surface area contributed by atoms with Crippen LogP contribution in [0.4, 0.5) is 5.69 Å². The van der Waals surface area contributed by atoms with Crippen molar-refractivity contribution in [3.63, 3.8) is 0 Å². The lowest BCUT2D eigenvalue weighted by Crippen LogP contribution is -2.08. The van der Waals surface area contributed by atoms with Crippen LogP contribution in [0.3, 0.4) is 0 Å². The number of nitrogens with one attached hydrogen (secondary N) is 1. The average Bonchev–Trinajstić information content (AvgIpc) is 2.49. The predicted molar refractivity (Wildman–Crippen MR) is 87.1 cm³/mol. The number of benzene rings is 2. The van der Waals surface area contributed by atoms with E-state index in [4.69, 9.17) is 27.9 Å². The van der Waals surface area contributed by atoms with Gasteiger partial charge in [0.15, 0.2) is 0 Å².